The molecular formula is C15H13Cl2NO2. The van der Waals surface area contributed by atoms with Gasteiger partial charge in [-0.25, -0.2) is 0 Å². The van der Waals surface area contributed by atoms with Crippen LogP contribution in [-0.2, 0) is 0 Å². The lowest BCUT2D eigenvalue weighted by molar-refractivity contribution is 0.0940. The van der Waals surface area contributed by atoms with E-state index in [0.29, 0.717) is 0 Å². The highest BCUT2D eigenvalue weighted by Crippen LogP contribution is 2.22. The molecule has 20 heavy (non-hydrogen) atoms. The van der Waals surface area contributed by atoms with Gasteiger partial charge in [-0.05, 0) is 23.8 Å². The summed E-state index contributed by atoms with van der Waals surface area (Å²) in [6.07, 6.45) is 0. The summed E-state index contributed by atoms with van der Waals surface area (Å²) in [5.41, 5.74) is 1.13. The highest BCUT2D eigenvalue weighted by molar-refractivity contribution is 6.33. The number of nitrogens with one attached hydrogen (secondary N) is 1. The maximum Gasteiger partial charge on any atom is 0.253 e. The molecule has 1 atom stereocenters. The molecule has 0 radical (unpaired) electrons. The second-order valence-electron chi connectivity index (χ2n) is 4.26. The molecule has 0 aliphatic carbocycles. The minimum Gasteiger partial charge on any atom is -0.508 e. The quantitative estimate of drug-likeness (QED) is 0.845. The van der Waals surface area contributed by atoms with Gasteiger partial charge in [0, 0.05) is 5.88 Å². The molecule has 0 saturated carbocycles. The van der Waals surface area contributed by atoms with E-state index in [9.17, 15) is 9.90 Å². The number of rotatable bonds is 4. The molecule has 1 unspecified atom stereocenters. The first kappa shape index (κ1) is 14.7. The van der Waals surface area contributed by atoms with Gasteiger partial charge in [-0.2, -0.15) is 0 Å². The number of phenolic OH excluding ortho intramolecular Hbond substituents is 1. The van der Waals surface area contributed by atoms with E-state index in [-0.39, 0.29) is 34.2 Å². The molecule has 0 bridgehead atoms. The average Bonchev–Trinajstić information content (AvgIpc) is 2.48. The first-order valence-corrected chi connectivity index (χ1v) is 6.93. The maximum absolute atomic E-state index is 12.2. The topological polar surface area (TPSA) is 49.3 Å². The zero-order valence-electron chi connectivity index (χ0n) is 10.5. The highest BCUT2D eigenvalue weighted by atomic mass is 35.5. The third-order valence-corrected chi connectivity index (χ3v) is 3.49. The molecule has 3 nitrogen and oxygen atoms in total. The van der Waals surface area contributed by atoms with E-state index < -0.39 is 0 Å². The van der Waals surface area contributed by atoms with Gasteiger partial charge in [0.1, 0.15) is 5.75 Å². The van der Waals surface area contributed by atoms with E-state index in [1.54, 1.807) is 0 Å². The Hall–Kier alpha value is -1.71. The third kappa shape index (κ3) is 3.44. The van der Waals surface area contributed by atoms with Gasteiger partial charge in [-0.3, -0.25) is 4.79 Å². The number of aromatic hydroxyl groups is 1. The number of hydrogen-bond acceptors (Lipinski definition) is 2. The number of alkyl halides is 1. The Morgan fingerprint density at radius 1 is 1.20 bits per heavy atom. The molecule has 2 aromatic rings. The van der Waals surface area contributed by atoms with Crippen molar-refractivity contribution in [1.29, 1.82) is 0 Å². The second-order valence-corrected chi connectivity index (χ2v) is 4.97. The van der Waals surface area contributed by atoms with E-state index in [1.165, 1.54) is 18.2 Å². The Bertz CT molecular complexity index is 602. The van der Waals surface area contributed by atoms with Crippen LogP contribution in [0.25, 0.3) is 0 Å². The van der Waals surface area contributed by atoms with E-state index in [1.807, 2.05) is 30.3 Å². The fourth-order valence-corrected chi connectivity index (χ4v) is 2.28. The molecule has 0 spiro atoms. The summed E-state index contributed by atoms with van der Waals surface area (Å²) in [5.74, 6) is -0.145. The van der Waals surface area contributed by atoms with Crippen molar-refractivity contribution in [3.63, 3.8) is 0 Å². The van der Waals surface area contributed by atoms with Crippen LogP contribution in [0.1, 0.15) is 22.0 Å². The Kier molecular flexibility index (Phi) is 4.88. The fraction of sp³-hybridized carbons (Fsp3) is 0.133. The first-order chi connectivity index (χ1) is 9.61. The molecule has 1 amide bonds. The number of carbonyl (C=O) groups is 1. The molecule has 0 saturated heterocycles. The van der Waals surface area contributed by atoms with Crippen molar-refractivity contribution in [3.8, 4) is 5.75 Å². The normalized spacial score (nSPS) is 11.9. The van der Waals surface area contributed by atoms with Gasteiger partial charge in [0.15, 0.2) is 0 Å². The van der Waals surface area contributed by atoms with E-state index in [4.69, 9.17) is 23.2 Å². The molecule has 0 aliphatic rings. The number of carbonyl (C=O) groups excluding carboxylic acids is 1. The Morgan fingerprint density at radius 2 is 1.90 bits per heavy atom. The highest BCUT2D eigenvalue weighted by Gasteiger charge is 2.17. The van der Waals surface area contributed by atoms with Gasteiger partial charge in [0.05, 0.1) is 16.6 Å². The molecule has 0 fully saturated rings. The van der Waals surface area contributed by atoms with Crippen molar-refractivity contribution in [2.24, 2.45) is 0 Å². The van der Waals surface area contributed by atoms with Crippen molar-refractivity contribution < 1.29 is 9.90 Å². The van der Waals surface area contributed by atoms with E-state index >= 15 is 0 Å². The molecule has 0 heterocycles. The Labute approximate surface area is 127 Å². The van der Waals surface area contributed by atoms with Gasteiger partial charge in [0.25, 0.3) is 5.91 Å². The van der Waals surface area contributed by atoms with Crippen LogP contribution in [0.5, 0.6) is 5.75 Å². The SMILES string of the molecule is O=C(NC(CCl)c1ccccc1)c1cc(O)ccc1Cl. The second kappa shape index (κ2) is 6.64. The van der Waals surface area contributed by atoms with Crippen molar-refractivity contribution in [2.45, 2.75) is 6.04 Å². The van der Waals surface area contributed by atoms with Crippen LogP contribution >= 0.6 is 23.2 Å². The molecule has 5 heteroatoms. The molecule has 104 valence electrons. The molecular weight excluding hydrogens is 297 g/mol. The lowest BCUT2D eigenvalue weighted by atomic mass is 10.1. The van der Waals surface area contributed by atoms with Crippen molar-refractivity contribution in [1.82, 2.24) is 5.32 Å². The molecule has 2 N–H and O–H groups in total. The minimum absolute atomic E-state index is 0.0123. The van der Waals surface area contributed by atoms with Crippen molar-refractivity contribution >= 4 is 29.1 Å². The Balaban J connectivity index is 2.20. The average molecular weight is 310 g/mol. The van der Waals surface area contributed by atoms with Crippen LogP contribution in [0.2, 0.25) is 5.02 Å². The summed E-state index contributed by atoms with van der Waals surface area (Å²) in [4.78, 5) is 12.2. The molecule has 2 aromatic carbocycles. The van der Waals surface area contributed by atoms with Gasteiger partial charge in [-0.1, -0.05) is 41.9 Å². The largest absolute Gasteiger partial charge is 0.508 e. The smallest absolute Gasteiger partial charge is 0.253 e. The number of benzene rings is 2. The predicted octanol–water partition coefficient (Wildman–Crippen LogP) is 3.76. The van der Waals surface area contributed by atoms with E-state index in [0.717, 1.165) is 5.56 Å². The van der Waals surface area contributed by atoms with Crippen LogP contribution in [0, 0.1) is 0 Å². The number of amides is 1. The summed E-state index contributed by atoms with van der Waals surface area (Å²) in [5, 5.41) is 12.5. The number of halogens is 2. The fourth-order valence-electron chi connectivity index (χ4n) is 1.82. The van der Waals surface area contributed by atoms with Crippen LogP contribution in [0.15, 0.2) is 48.5 Å². The van der Waals surface area contributed by atoms with Gasteiger partial charge < -0.3 is 10.4 Å². The van der Waals surface area contributed by atoms with E-state index in [2.05, 4.69) is 5.32 Å². The number of phenols is 1. The van der Waals surface area contributed by atoms with Gasteiger partial charge in [-0.15, -0.1) is 11.6 Å². The Morgan fingerprint density at radius 3 is 2.55 bits per heavy atom. The third-order valence-electron chi connectivity index (χ3n) is 2.86. The van der Waals surface area contributed by atoms with Crippen LogP contribution in [0.4, 0.5) is 0 Å². The van der Waals surface area contributed by atoms with Crippen LogP contribution in [0.3, 0.4) is 0 Å². The van der Waals surface area contributed by atoms with Gasteiger partial charge in [0.2, 0.25) is 0 Å². The number of hydrogen-bond donors (Lipinski definition) is 2. The summed E-state index contributed by atoms with van der Waals surface area (Å²) < 4.78 is 0. The minimum atomic E-state index is -0.375. The first-order valence-electron chi connectivity index (χ1n) is 6.02. The monoisotopic (exact) mass is 309 g/mol. The standard InChI is InChI=1S/C15H13Cl2NO2/c16-9-14(10-4-2-1-3-5-10)18-15(20)12-8-11(19)6-7-13(12)17/h1-8,14,19H,9H2,(H,18,20). The summed E-state index contributed by atoms with van der Waals surface area (Å²) >= 11 is 11.9. The van der Waals surface area contributed by atoms with Crippen LogP contribution in [-0.4, -0.2) is 16.9 Å². The summed E-state index contributed by atoms with van der Waals surface area (Å²) in [7, 11) is 0. The molecule has 0 aromatic heterocycles. The lowest BCUT2D eigenvalue weighted by Crippen LogP contribution is -2.29. The molecule has 2 rings (SSSR count). The lowest BCUT2D eigenvalue weighted by Gasteiger charge is -2.17. The van der Waals surface area contributed by atoms with Crippen molar-refractivity contribution in [3.05, 3.63) is 64.7 Å². The summed E-state index contributed by atoms with van der Waals surface area (Å²) in [6, 6.07) is 13.3. The van der Waals surface area contributed by atoms with Gasteiger partial charge >= 0.3 is 0 Å². The predicted molar refractivity (Wildman–Crippen MR) is 80.5 cm³/mol. The van der Waals surface area contributed by atoms with Crippen molar-refractivity contribution in [2.75, 3.05) is 5.88 Å². The molecule has 0 aliphatic heterocycles. The van der Waals surface area contributed by atoms with Crippen LogP contribution < -0.4 is 5.32 Å². The zero-order valence-corrected chi connectivity index (χ0v) is 12.0. The zero-order chi connectivity index (χ0) is 14.5. The summed E-state index contributed by atoms with van der Waals surface area (Å²) in [6.45, 7) is 0. The maximum atomic E-state index is 12.2.